The van der Waals surface area contributed by atoms with E-state index in [1.54, 1.807) is 12.4 Å². The molecule has 0 aliphatic carbocycles. The fourth-order valence-corrected chi connectivity index (χ4v) is 13.8. The van der Waals surface area contributed by atoms with Gasteiger partial charge >= 0.3 is 0 Å². The Labute approximate surface area is 249 Å². The lowest BCUT2D eigenvalue weighted by molar-refractivity contribution is 0.410. The van der Waals surface area contributed by atoms with Gasteiger partial charge in [-0.15, -0.1) is 0 Å². The van der Waals surface area contributed by atoms with Crippen LogP contribution < -0.4 is 0 Å². The van der Waals surface area contributed by atoms with Crippen LogP contribution in [0.4, 0.5) is 0 Å². The van der Waals surface area contributed by atoms with E-state index >= 15 is 0 Å². The van der Waals surface area contributed by atoms with Crippen molar-refractivity contribution in [3.8, 4) is 22.5 Å². The zero-order valence-corrected chi connectivity index (χ0v) is 28.1. The molecule has 0 unspecified atom stereocenters. The summed E-state index contributed by atoms with van der Waals surface area (Å²) in [6.07, 6.45) is 7.73. The topological polar surface area (TPSA) is 60.8 Å². The minimum atomic E-state index is -2.02. The van der Waals surface area contributed by atoms with Crippen LogP contribution in [0.1, 0.15) is 51.7 Å². The molecule has 0 saturated carbocycles. The van der Waals surface area contributed by atoms with E-state index in [1.165, 1.54) is 11.1 Å². The molecule has 0 spiro atoms. The fraction of sp³-hybridized carbons (Fsp3) is 0.412. The maximum atomic E-state index is 7.33. The molecule has 5 nitrogen and oxygen atoms in total. The van der Waals surface area contributed by atoms with Gasteiger partial charge in [0, 0.05) is 23.5 Å². The van der Waals surface area contributed by atoms with Gasteiger partial charge < -0.3 is 4.12 Å². The second-order valence-electron chi connectivity index (χ2n) is 13.5. The molecule has 0 radical (unpaired) electrons. The van der Waals surface area contributed by atoms with E-state index in [4.69, 9.17) is 4.12 Å². The van der Waals surface area contributed by atoms with Gasteiger partial charge in [0.05, 0.1) is 11.4 Å². The Morgan fingerprint density at radius 2 is 0.927 bits per heavy atom. The highest BCUT2D eigenvalue weighted by molar-refractivity contribution is 6.87. The van der Waals surface area contributed by atoms with Crippen molar-refractivity contribution in [2.24, 2.45) is 0 Å². The van der Waals surface area contributed by atoms with E-state index in [1.807, 2.05) is 24.3 Å². The SMILES string of the molecule is CC(C)(CCc1ccc(-c2cccnn2)cc1)[Si](C)(C)O[Si](C)(C)C(C)(C)CCc1ccc(-c2cccnn2)cc1. The Hall–Kier alpha value is -3.01. The van der Waals surface area contributed by atoms with Crippen molar-refractivity contribution in [2.75, 3.05) is 0 Å². The number of rotatable bonds is 12. The highest BCUT2D eigenvalue weighted by Crippen LogP contribution is 2.49. The third-order valence-corrected chi connectivity index (χ3v) is 20.6. The summed E-state index contributed by atoms with van der Waals surface area (Å²) in [6.45, 7) is 19.4. The highest BCUT2D eigenvalue weighted by atomic mass is 28.4. The summed E-state index contributed by atoms with van der Waals surface area (Å²) in [7, 11) is -4.03. The molecule has 0 atom stereocenters. The van der Waals surface area contributed by atoms with Crippen LogP contribution in [0.5, 0.6) is 0 Å². The van der Waals surface area contributed by atoms with Crippen LogP contribution in [0.2, 0.25) is 36.3 Å². The number of hydrogen-bond donors (Lipinski definition) is 0. The summed E-state index contributed by atoms with van der Waals surface area (Å²) in [5.41, 5.74) is 6.76. The van der Waals surface area contributed by atoms with Crippen LogP contribution in [0.3, 0.4) is 0 Å². The van der Waals surface area contributed by atoms with Gasteiger partial charge in [-0.1, -0.05) is 76.2 Å². The summed E-state index contributed by atoms with van der Waals surface area (Å²) in [4.78, 5) is 0. The predicted octanol–water partition coefficient (Wildman–Crippen LogP) is 9.15. The van der Waals surface area contributed by atoms with Crippen LogP contribution in [-0.4, -0.2) is 37.0 Å². The average molecular weight is 583 g/mol. The largest absolute Gasteiger partial charge is 0.455 e. The Morgan fingerprint density at radius 3 is 1.24 bits per heavy atom. The maximum absolute atomic E-state index is 7.33. The maximum Gasteiger partial charge on any atom is 0.179 e. The van der Waals surface area contributed by atoms with Gasteiger partial charge in [-0.05, 0) is 97.3 Å². The molecule has 2 aromatic carbocycles. The molecule has 2 heterocycles. The molecule has 0 bridgehead atoms. The Kier molecular flexibility index (Phi) is 9.41. The zero-order chi connectivity index (χ0) is 29.7. The molecule has 0 fully saturated rings. The van der Waals surface area contributed by atoms with E-state index in [0.717, 1.165) is 48.2 Å². The molecule has 0 N–H and O–H groups in total. The second-order valence-corrected chi connectivity index (χ2v) is 23.1. The summed E-state index contributed by atoms with van der Waals surface area (Å²) in [5.74, 6) is 0. The van der Waals surface area contributed by atoms with Gasteiger partial charge in [0.25, 0.3) is 0 Å². The summed E-state index contributed by atoms with van der Waals surface area (Å²) in [6, 6.07) is 25.4. The molecule has 216 valence electrons. The third-order valence-electron chi connectivity index (χ3n) is 9.49. The van der Waals surface area contributed by atoms with Crippen molar-refractivity contribution in [3.63, 3.8) is 0 Å². The molecule has 0 amide bonds. The van der Waals surface area contributed by atoms with E-state index in [9.17, 15) is 0 Å². The summed E-state index contributed by atoms with van der Waals surface area (Å²) < 4.78 is 7.33. The lowest BCUT2D eigenvalue weighted by atomic mass is 10.00. The Balaban J connectivity index is 1.35. The molecule has 7 heteroatoms. The van der Waals surface area contributed by atoms with Crippen LogP contribution in [0, 0.1) is 0 Å². The first-order chi connectivity index (χ1) is 19.3. The molecule has 2 aromatic heterocycles. The monoisotopic (exact) mass is 582 g/mol. The number of benzene rings is 2. The molecule has 4 rings (SSSR count). The minimum Gasteiger partial charge on any atom is -0.455 e. The van der Waals surface area contributed by atoms with E-state index in [0.29, 0.717) is 0 Å². The van der Waals surface area contributed by atoms with E-state index < -0.39 is 16.6 Å². The molecule has 0 saturated heterocycles. The lowest BCUT2D eigenvalue weighted by Crippen LogP contribution is -2.55. The molecule has 0 aliphatic rings. The normalized spacial score (nSPS) is 12.9. The number of nitrogens with zero attached hydrogens (tertiary/aromatic N) is 4. The van der Waals surface area contributed by atoms with Crippen LogP contribution in [0.15, 0.2) is 85.2 Å². The first-order valence-corrected chi connectivity index (χ1v) is 20.6. The predicted molar refractivity (Wildman–Crippen MR) is 176 cm³/mol. The first-order valence-electron chi connectivity index (χ1n) is 14.7. The Morgan fingerprint density at radius 1 is 0.561 bits per heavy atom. The average Bonchev–Trinajstić information content (AvgIpc) is 2.96. The van der Waals surface area contributed by atoms with Gasteiger partial charge in [0.1, 0.15) is 0 Å². The van der Waals surface area contributed by atoms with Crippen LogP contribution in [0.25, 0.3) is 22.5 Å². The Bertz CT molecular complexity index is 1280. The quantitative estimate of drug-likeness (QED) is 0.156. The second kappa shape index (κ2) is 12.5. The smallest absolute Gasteiger partial charge is 0.179 e. The van der Waals surface area contributed by atoms with Gasteiger partial charge in [-0.25, -0.2) is 0 Å². The summed E-state index contributed by atoms with van der Waals surface area (Å²) >= 11 is 0. The van der Waals surface area contributed by atoms with Gasteiger partial charge in [-0.2, -0.15) is 20.4 Å². The summed E-state index contributed by atoms with van der Waals surface area (Å²) in [5, 5.41) is 16.8. The van der Waals surface area contributed by atoms with Crippen molar-refractivity contribution in [1.29, 1.82) is 0 Å². The number of hydrogen-bond acceptors (Lipinski definition) is 5. The fourth-order valence-electron chi connectivity index (χ4n) is 5.03. The van der Waals surface area contributed by atoms with Crippen molar-refractivity contribution in [1.82, 2.24) is 20.4 Å². The highest BCUT2D eigenvalue weighted by Gasteiger charge is 2.49. The van der Waals surface area contributed by atoms with Crippen molar-refractivity contribution >= 4 is 16.6 Å². The lowest BCUT2D eigenvalue weighted by Gasteiger charge is -2.49. The minimum absolute atomic E-state index is 0.146. The number of aryl methyl sites for hydroxylation is 2. The van der Waals surface area contributed by atoms with Gasteiger partial charge in [0.2, 0.25) is 0 Å². The molecular formula is C34H46N4OSi2. The van der Waals surface area contributed by atoms with Crippen molar-refractivity contribution in [3.05, 3.63) is 96.3 Å². The van der Waals surface area contributed by atoms with Gasteiger partial charge in [0.15, 0.2) is 16.6 Å². The van der Waals surface area contributed by atoms with Crippen molar-refractivity contribution < 1.29 is 4.12 Å². The van der Waals surface area contributed by atoms with Crippen LogP contribution >= 0.6 is 0 Å². The first kappa shape index (κ1) is 30.9. The molecule has 4 aromatic rings. The van der Waals surface area contributed by atoms with E-state index in [-0.39, 0.29) is 10.1 Å². The molecule has 0 aliphatic heterocycles. The third kappa shape index (κ3) is 7.64. The van der Waals surface area contributed by atoms with Crippen molar-refractivity contribution in [2.45, 2.75) is 89.6 Å². The molecular weight excluding hydrogens is 537 g/mol. The number of aromatic nitrogens is 4. The van der Waals surface area contributed by atoms with Gasteiger partial charge in [-0.3, -0.25) is 0 Å². The zero-order valence-electron chi connectivity index (χ0n) is 26.1. The van der Waals surface area contributed by atoms with E-state index in [2.05, 4.69) is 123 Å². The standard InChI is InChI=1S/C34H46N4OSi2/c1-33(2,23-21-27-13-17-29(18-14-27)31-11-9-25-35-37-31)40(5,6)39-41(7,8)34(3,4)24-22-28-15-19-30(20-16-28)32-12-10-26-36-38-32/h9-20,25-26H,21-24H2,1-8H3. The molecule has 41 heavy (non-hydrogen) atoms. The van der Waals surface area contributed by atoms with Crippen LogP contribution in [-0.2, 0) is 17.0 Å².